The second kappa shape index (κ2) is 11.4. The maximum absolute atomic E-state index is 12.7. The molecule has 0 spiro atoms. The maximum Gasteiger partial charge on any atom is 0.326 e. The van der Waals surface area contributed by atoms with Crippen LogP contribution < -0.4 is 10.1 Å². The second-order valence-corrected chi connectivity index (χ2v) is 9.20. The quantitative estimate of drug-likeness (QED) is 0.384. The van der Waals surface area contributed by atoms with E-state index in [0.29, 0.717) is 33.1 Å². The van der Waals surface area contributed by atoms with Crippen molar-refractivity contribution in [2.24, 2.45) is 0 Å². The fourth-order valence-corrected chi connectivity index (χ4v) is 3.98. The van der Waals surface area contributed by atoms with Crippen LogP contribution in [0.3, 0.4) is 0 Å². The summed E-state index contributed by atoms with van der Waals surface area (Å²) in [5.41, 5.74) is 0.945. The van der Waals surface area contributed by atoms with E-state index in [9.17, 15) is 19.2 Å². The summed E-state index contributed by atoms with van der Waals surface area (Å²) in [4.78, 5) is 50.0. The van der Waals surface area contributed by atoms with Crippen molar-refractivity contribution in [2.75, 3.05) is 18.5 Å². The number of carbonyl (C=O) groups excluding carboxylic acids is 4. The second-order valence-electron chi connectivity index (χ2n) is 7.33. The molecule has 1 saturated heterocycles. The molecular weight excluding hydrogens is 503 g/mol. The van der Waals surface area contributed by atoms with Gasteiger partial charge < -0.3 is 14.8 Å². The Hall–Kier alpha value is -3.01. The Kier molecular flexibility index (Phi) is 8.60. The summed E-state index contributed by atoms with van der Waals surface area (Å²) in [6, 6.07) is 11.2. The Bertz CT molecular complexity index is 1150. The van der Waals surface area contributed by atoms with E-state index in [1.165, 1.54) is 12.1 Å². The average Bonchev–Trinajstić information content (AvgIpc) is 3.01. The van der Waals surface area contributed by atoms with Gasteiger partial charge in [-0.15, -0.1) is 0 Å². The van der Waals surface area contributed by atoms with Crippen LogP contribution in [0.15, 0.2) is 47.4 Å². The SMILES string of the molecule is CC(C)OC(=O)CN1C(=O)S/C(=C\c2cc(Cl)ccc2OCC(=O)Nc2ccc(Cl)cc2)C1=O. The number of hydrogen-bond donors (Lipinski definition) is 1. The highest BCUT2D eigenvalue weighted by Gasteiger charge is 2.37. The van der Waals surface area contributed by atoms with Crippen molar-refractivity contribution in [3.8, 4) is 5.75 Å². The minimum Gasteiger partial charge on any atom is -0.483 e. The van der Waals surface area contributed by atoms with Gasteiger partial charge in [-0.05, 0) is 74.1 Å². The predicted octanol–water partition coefficient (Wildman–Crippen LogP) is 5.00. The number of thioether (sulfide) groups is 1. The minimum absolute atomic E-state index is 0.0834. The number of esters is 1. The van der Waals surface area contributed by atoms with Crippen molar-refractivity contribution in [1.29, 1.82) is 0 Å². The number of carbonyl (C=O) groups is 4. The molecular formula is C23H20Cl2N2O6S. The zero-order valence-corrected chi connectivity index (χ0v) is 20.5. The average molecular weight is 523 g/mol. The molecule has 1 N–H and O–H groups in total. The van der Waals surface area contributed by atoms with E-state index < -0.39 is 29.6 Å². The van der Waals surface area contributed by atoms with Gasteiger partial charge in [0.05, 0.1) is 11.0 Å². The van der Waals surface area contributed by atoms with E-state index in [0.717, 1.165) is 4.90 Å². The van der Waals surface area contributed by atoms with Gasteiger partial charge in [0.1, 0.15) is 12.3 Å². The fraction of sp³-hybridized carbons (Fsp3) is 0.217. The van der Waals surface area contributed by atoms with Crippen molar-refractivity contribution in [1.82, 2.24) is 4.90 Å². The van der Waals surface area contributed by atoms with Crippen LogP contribution in [0.5, 0.6) is 5.75 Å². The number of nitrogens with zero attached hydrogens (tertiary/aromatic N) is 1. The molecule has 178 valence electrons. The van der Waals surface area contributed by atoms with E-state index in [1.54, 1.807) is 50.2 Å². The summed E-state index contributed by atoms with van der Waals surface area (Å²) in [7, 11) is 0. The summed E-state index contributed by atoms with van der Waals surface area (Å²) >= 11 is 12.6. The molecule has 0 bridgehead atoms. The molecule has 3 amide bonds. The van der Waals surface area contributed by atoms with Crippen molar-refractivity contribution < 1.29 is 28.7 Å². The fourth-order valence-electron chi connectivity index (χ4n) is 2.84. The summed E-state index contributed by atoms with van der Waals surface area (Å²) in [6.07, 6.45) is 1.06. The Morgan fingerprint density at radius 2 is 1.76 bits per heavy atom. The van der Waals surface area contributed by atoms with Crippen LogP contribution >= 0.6 is 35.0 Å². The molecule has 11 heteroatoms. The van der Waals surface area contributed by atoms with Gasteiger partial charge in [0, 0.05) is 21.3 Å². The Morgan fingerprint density at radius 3 is 2.44 bits per heavy atom. The van der Waals surface area contributed by atoms with Crippen LogP contribution in [0.4, 0.5) is 10.5 Å². The van der Waals surface area contributed by atoms with E-state index in [-0.39, 0.29) is 23.4 Å². The molecule has 1 aliphatic heterocycles. The van der Waals surface area contributed by atoms with E-state index >= 15 is 0 Å². The molecule has 34 heavy (non-hydrogen) atoms. The van der Waals surface area contributed by atoms with Crippen molar-refractivity contribution in [2.45, 2.75) is 20.0 Å². The zero-order valence-electron chi connectivity index (χ0n) is 18.2. The smallest absolute Gasteiger partial charge is 0.326 e. The summed E-state index contributed by atoms with van der Waals surface area (Å²) in [6.45, 7) is 2.54. The third-order valence-corrected chi connectivity index (χ3v) is 5.67. The number of ether oxygens (including phenoxy) is 2. The van der Waals surface area contributed by atoms with Gasteiger partial charge in [0.2, 0.25) is 0 Å². The van der Waals surface area contributed by atoms with Crippen LogP contribution in [0.2, 0.25) is 10.0 Å². The van der Waals surface area contributed by atoms with E-state index in [2.05, 4.69) is 5.32 Å². The van der Waals surface area contributed by atoms with Gasteiger partial charge in [-0.25, -0.2) is 0 Å². The number of amides is 3. The first kappa shape index (κ1) is 25.6. The number of nitrogens with one attached hydrogen (secondary N) is 1. The maximum atomic E-state index is 12.7. The molecule has 0 atom stereocenters. The van der Waals surface area contributed by atoms with Crippen molar-refractivity contribution >= 4 is 69.8 Å². The first-order valence-electron chi connectivity index (χ1n) is 10.0. The molecule has 0 unspecified atom stereocenters. The lowest BCUT2D eigenvalue weighted by Crippen LogP contribution is -2.35. The highest BCUT2D eigenvalue weighted by Crippen LogP contribution is 2.34. The largest absolute Gasteiger partial charge is 0.483 e. The topological polar surface area (TPSA) is 102 Å². The summed E-state index contributed by atoms with van der Waals surface area (Å²) in [5, 5.41) is 2.99. The zero-order chi connectivity index (χ0) is 24.8. The van der Waals surface area contributed by atoms with Gasteiger partial charge in [0.15, 0.2) is 6.61 Å². The molecule has 0 radical (unpaired) electrons. The molecule has 2 aromatic carbocycles. The molecule has 1 fully saturated rings. The Balaban J connectivity index is 1.71. The molecule has 8 nitrogen and oxygen atoms in total. The third kappa shape index (κ3) is 6.99. The van der Waals surface area contributed by atoms with Crippen LogP contribution in [0.1, 0.15) is 19.4 Å². The monoisotopic (exact) mass is 522 g/mol. The van der Waals surface area contributed by atoms with Crippen molar-refractivity contribution in [3.63, 3.8) is 0 Å². The molecule has 0 aromatic heterocycles. The van der Waals surface area contributed by atoms with E-state index in [4.69, 9.17) is 32.7 Å². The molecule has 1 heterocycles. The van der Waals surface area contributed by atoms with Crippen LogP contribution in [0, 0.1) is 0 Å². The molecule has 1 aliphatic rings. The summed E-state index contributed by atoms with van der Waals surface area (Å²) < 4.78 is 10.6. The predicted molar refractivity (Wildman–Crippen MR) is 131 cm³/mol. The normalized spacial score (nSPS) is 14.6. The first-order valence-corrected chi connectivity index (χ1v) is 11.6. The Morgan fingerprint density at radius 1 is 1.09 bits per heavy atom. The van der Waals surface area contributed by atoms with E-state index in [1.807, 2.05) is 0 Å². The van der Waals surface area contributed by atoms with Gasteiger partial charge >= 0.3 is 5.97 Å². The number of benzene rings is 2. The number of imide groups is 1. The highest BCUT2D eigenvalue weighted by molar-refractivity contribution is 8.18. The van der Waals surface area contributed by atoms with Gasteiger partial charge in [-0.3, -0.25) is 24.1 Å². The van der Waals surface area contributed by atoms with Crippen LogP contribution in [0.25, 0.3) is 6.08 Å². The highest BCUT2D eigenvalue weighted by atomic mass is 35.5. The third-order valence-electron chi connectivity index (χ3n) is 4.27. The van der Waals surface area contributed by atoms with Crippen LogP contribution in [-0.4, -0.2) is 47.2 Å². The molecule has 0 aliphatic carbocycles. The number of anilines is 1. The van der Waals surface area contributed by atoms with Crippen LogP contribution in [-0.2, 0) is 19.1 Å². The van der Waals surface area contributed by atoms with Gasteiger partial charge in [-0.2, -0.15) is 0 Å². The number of hydrogen-bond acceptors (Lipinski definition) is 7. The van der Waals surface area contributed by atoms with Gasteiger partial charge in [0.25, 0.3) is 17.1 Å². The lowest BCUT2D eigenvalue weighted by molar-refractivity contribution is -0.149. The summed E-state index contributed by atoms with van der Waals surface area (Å²) in [5.74, 6) is -1.45. The lowest BCUT2D eigenvalue weighted by Gasteiger charge is -2.13. The molecule has 3 rings (SSSR count). The standard InChI is InChI=1S/C23H20Cl2N2O6S/c1-13(2)33-21(29)11-27-22(30)19(34-23(27)31)10-14-9-16(25)5-8-18(14)32-12-20(28)26-17-6-3-15(24)4-7-17/h3-10,13H,11-12H2,1-2H3,(H,26,28)/b19-10-. The Labute approximate surface area is 210 Å². The number of rotatable bonds is 8. The molecule has 0 saturated carbocycles. The van der Waals surface area contributed by atoms with Gasteiger partial charge in [-0.1, -0.05) is 23.2 Å². The minimum atomic E-state index is -0.683. The first-order chi connectivity index (χ1) is 16.1. The lowest BCUT2D eigenvalue weighted by atomic mass is 10.2. The molecule has 2 aromatic rings. The number of halogens is 2. The van der Waals surface area contributed by atoms with Crippen molar-refractivity contribution in [3.05, 3.63) is 63.0 Å².